The van der Waals surface area contributed by atoms with E-state index < -0.39 is 8.32 Å². The zero-order valence-electron chi connectivity index (χ0n) is 15.5. The second-order valence-corrected chi connectivity index (χ2v) is 13.9. The lowest BCUT2D eigenvalue weighted by atomic mass is 9.67. The first kappa shape index (κ1) is 18.0. The summed E-state index contributed by atoms with van der Waals surface area (Å²) in [6, 6.07) is 0. The summed E-state index contributed by atoms with van der Waals surface area (Å²) in [7, 11) is -1.75. The van der Waals surface area contributed by atoms with Crippen LogP contribution >= 0.6 is 0 Å². The van der Waals surface area contributed by atoms with Crippen molar-refractivity contribution in [2.75, 3.05) is 0 Å². The minimum Gasteiger partial charge on any atom is -0.462 e. The average Bonchev–Trinajstić information content (AvgIpc) is 2.65. The van der Waals surface area contributed by atoms with E-state index in [1.807, 2.05) is 0 Å². The molecule has 0 N–H and O–H groups in total. The summed E-state index contributed by atoms with van der Waals surface area (Å²) in [5.74, 6) is 0.402. The second-order valence-electron chi connectivity index (χ2n) is 9.10. The van der Waals surface area contributed by atoms with Crippen LogP contribution in [0.1, 0.15) is 66.7 Å². The molecule has 0 aromatic carbocycles. The Morgan fingerprint density at radius 2 is 1.82 bits per heavy atom. The highest BCUT2D eigenvalue weighted by atomic mass is 28.4. The average molecular weight is 327 g/mol. The molecule has 0 amide bonds. The molecule has 128 valence electrons. The summed E-state index contributed by atoms with van der Waals surface area (Å²) < 4.78 is 12.4. The predicted molar refractivity (Wildman–Crippen MR) is 92.3 cm³/mol. The Morgan fingerprint density at radius 3 is 2.36 bits per heavy atom. The maximum Gasteiger partial charge on any atom is 0.302 e. The molecule has 4 atom stereocenters. The third kappa shape index (κ3) is 3.28. The van der Waals surface area contributed by atoms with E-state index in [0.29, 0.717) is 12.0 Å². The van der Waals surface area contributed by atoms with E-state index >= 15 is 0 Å². The summed E-state index contributed by atoms with van der Waals surface area (Å²) in [4.78, 5) is 11.4. The van der Waals surface area contributed by atoms with Crippen molar-refractivity contribution >= 4 is 14.3 Å². The molecule has 0 radical (unpaired) electrons. The molecule has 0 saturated heterocycles. The van der Waals surface area contributed by atoms with Crippen LogP contribution in [-0.4, -0.2) is 26.5 Å². The van der Waals surface area contributed by atoms with E-state index in [9.17, 15) is 4.79 Å². The number of rotatable bonds is 3. The van der Waals surface area contributed by atoms with Gasteiger partial charge in [-0.3, -0.25) is 4.79 Å². The van der Waals surface area contributed by atoms with Gasteiger partial charge < -0.3 is 9.16 Å². The molecule has 0 heterocycles. The maximum absolute atomic E-state index is 11.4. The molecule has 3 nitrogen and oxygen atoms in total. The standard InChI is InChI=1S/C18H34O3Si/c1-13(19)20-16-11-10-14-15(9-8-12-18(14,16)5)21-22(6,7)17(2,3)4/h14-16H,8-12H2,1-7H3/t14-,15-,16-,18-/m0/s1. The molecule has 0 aliphatic heterocycles. The molecule has 4 heteroatoms. The molecule has 2 rings (SSSR count). The second kappa shape index (κ2) is 5.93. The van der Waals surface area contributed by atoms with Gasteiger partial charge in [-0.2, -0.15) is 0 Å². The van der Waals surface area contributed by atoms with Gasteiger partial charge in [-0.05, 0) is 49.7 Å². The molecule has 22 heavy (non-hydrogen) atoms. The van der Waals surface area contributed by atoms with E-state index in [2.05, 4.69) is 40.8 Å². The third-order valence-corrected chi connectivity index (χ3v) is 11.0. The van der Waals surface area contributed by atoms with Crippen molar-refractivity contribution in [1.82, 2.24) is 0 Å². The Bertz CT molecular complexity index is 427. The monoisotopic (exact) mass is 326 g/mol. The van der Waals surface area contributed by atoms with Gasteiger partial charge in [0.05, 0.1) is 0 Å². The molecule has 2 aliphatic carbocycles. The van der Waals surface area contributed by atoms with Crippen LogP contribution in [0.3, 0.4) is 0 Å². The predicted octanol–water partition coefficient (Wildman–Crippen LogP) is 4.91. The summed E-state index contributed by atoms with van der Waals surface area (Å²) in [5, 5.41) is 0.245. The van der Waals surface area contributed by atoms with Crippen LogP contribution < -0.4 is 0 Å². The van der Waals surface area contributed by atoms with Crippen molar-refractivity contribution in [3.8, 4) is 0 Å². The van der Waals surface area contributed by atoms with Crippen LogP contribution in [0, 0.1) is 11.3 Å². The summed E-state index contributed by atoms with van der Waals surface area (Å²) in [6.07, 6.45) is 6.07. The van der Waals surface area contributed by atoms with Crippen molar-refractivity contribution in [2.24, 2.45) is 11.3 Å². The number of hydrogen-bond donors (Lipinski definition) is 0. The van der Waals surface area contributed by atoms with Crippen molar-refractivity contribution in [2.45, 2.75) is 97.1 Å². The van der Waals surface area contributed by atoms with Gasteiger partial charge in [0.2, 0.25) is 0 Å². The highest BCUT2D eigenvalue weighted by molar-refractivity contribution is 6.74. The van der Waals surface area contributed by atoms with Crippen LogP contribution in [0.25, 0.3) is 0 Å². The zero-order valence-corrected chi connectivity index (χ0v) is 16.5. The molecule has 0 unspecified atom stereocenters. The first-order valence-electron chi connectivity index (χ1n) is 8.82. The fraction of sp³-hybridized carbons (Fsp3) is 0.944. The fourth-order valence-corrected chi connectivity index (χ4v) is 5.55. The Morgan fingerprint density at radius 1 is 1.18 bits per heavy atom. The van der Waals surface area contributed by atoms with Crippen LogP contribution in [0.2, 0.25) is 18.1 Å². The Balaban J connectivity index is 2.15. The number of hydrogen-bond acceptors (Lipinski definition) is 3. The molecule has 0 bridgehead atoms. The van der Waals surface area contributed by atoms with Gasteiger partial charge in [0.25, 0.3) is 0 Å². The Labute approximate surface area is 137 Å². The van der Waals surface area contributed by atoms with Crippen molar-refractivity contribution in [3.05, 3.63) is 0 Å². The molecule has 0 aromatic rings. The van der Waals surface area contributed by atoms with Crippen LogP contribution in [0.5, 0.6) is 0 Å². The van der Waals surface area contributed by atoms with Gasteiger partial charge in [0, 0.05) is 18.4 Å². The first-order chi connectivity index (χ1) is 9.97. The third-order valence-electron chi connectivity index (χ3n) is 6.54. The normalized spacial score (nSPS) is 36.0. The molecule has 0 aromatic heterocycles. The Kier molecular flexibility index (Phi) is 4.85. The van der Waals surface area contributed by atoms with Gasteiger partial charge in [-0.25, -0.2) is 0 Å². The van der Waals surface area contributed by atoms with Crippen molar-refractivity contribution < 1.29 is 14.0 Å². The molecule has 2 fully saturated rings. The van der Waals surface area contributed by atoms with Crippen LogP contribution in [0.4, 0.5) is 0 Å². The number of carbonyl (C=O) groups is 1. The van der Waals surface area contributed by atoms with Gasteiger partial charge in [-0.1, -0.05) is 34.1 Å². The SMILES string of the molecule is CC(=O)O[C@H]1CC[C@H]2[C@@H](O[Si](C)(C)C(C)(C)C)CCC[C@]12C. The highest BCUT2D eigenvalue weighted by Gasteiger charge is 2.54. The summed E-state index contributed by atoms with van der Waals surface area (Å²) >= 11 is 0. The zero-order chi connectivity index (χ0) is 16.8. The number of fused-ring (bicyclic) bond motifs is 1. The smallest absolute Gasteiger partial charge is 0.302 e. The topological polar surface area (TPSA) is 35.5 Å². The lowest BCUT2D eigenvalue weighted by Gasteiger charge is -2.48. The fourth-order valence-electron chi connectivity index (χ4n) is 4.16. The molecule has 2 aliphatic rings. The lowest BCUT2D eigenvalue weighted by molar-refractivity contribution is -0.155. The van der Waals surface area contributed by atoms with Crippen LogP contribution in [0.15, 0.2) is 0 Å². The maximum atomic E-state index is 11.4. The minimum absolute atomic E-state index is 0.0841. The molecular weight excluding hydrogens is 292 g/mol. The van der Waals surface area contributed by atoms with Gasteiger partial charge >= 0.3 is 5.97 Å². The van der Waals surface area contributed by atoms with E-state index in [-0.39, 0.29) is 22.5 Å². The molecule has 2 saturated carbocycles. The van der Waals surface area contributed by atoms with Crippen molar-refractivity contribution in [3.63, 3.8) is 0 Å². The van der Waals surface area contributed by atoms with Gasteiger partial charge in [0.1, 0.15) is 6.10 Å². The van der Waals surface area contributed by atoms with Gasteiger partial charge in [0.15, 0.2) is 8.32 Å². The van der Waals surface area contributed by atoms with Gasteiger partial charge in [-0.15, -0.1) is 0 Å². The van der Waals surface area contributed by atoms with Crippen molar-refractivity contribution in [1.29, 1.82) is 0 Å². The highest BCUT2D eigenvalue weighted by Crippen LogP contribution is 2.55. The number of ether oxygens (including phenoxy) is 1. The number of carbonyl (C=O) groups excluding carboxylic acids is 1. The lowest BCUT2D eigenvalue weighted by Crippen LogP contribution is -2.50. The Hall–Kier alpha value is -0.353. The largest absolute Gasteiger partial charge is 0.462 e. The van der Waals surface area contributed by atoms with Crippen LogP contribution in [-0.2, 0) is 14.0 Å². The number of esters is 1. The minimum atomic E-state index is -1.75. The molecule has 0 spiro atoms. The van der Waals surface area contributed by atoms with E-state index in [1.54, 1.807) is 0 Å². The summed E-state index contributed by atoms with van der Waals surface area (Å²) in [6.45, 7) is 15.4. The molecular formula is C18H34O3Si. The first-order valence-corrected chi connectivity index (χ1v) is 11.7. The van der Waals surface area contributed by atoms with E-state index in [0.717, 1.165) is 19.3 Å². The summed E-state index contributed by atoms with van der Waals surface area (Å²) in [5.41, 5.74) is 0.108. The quantitative estimate of drug-likeness (QED) is 0.546. The van der Waals surface area contributed by atoms with E-state index in [1.165, 1.54) is 19.8 Å². The van der Waals surface area contributed by atoms with E-state index in [4.69, 9.17) is 9.16 Å².